The van der Waals surface area contributed by atoms with Crippen LogP contribution in [0.1, 0.15) is 0 Å². The predicted octanol–water partition coefficient (Wildman–Crippen LogP) is 3.20. The van der Waals surface area contributed by atoms with Gasteiger partial charge >= 0.3 is 0 Å². The van der Waals surface area contributed by atoms with Gasteiger partial charge in [0.1, 0.15) is 0 Å². The molecule has 0 bridgehead atoms. The zero-order valence-corrected chi connectivity index (χ0v) is 13.1. The van der Waals surface area contributed by atoms with Crippen molar-refractivity contribution >= 4 is 32.2 Å². The van der Waals surface area contributed by atoms with Gasteiger partial charge in [0.25, 0.3) is 0 Å². The zero-order valence-electron chi connectivity index (χ0n) is 11.4. The Morgan fingerprint density at radius 1 is 1.00 bits per heavy atom. The molecule has 1 aromatic heterocycles. The van der Waals surface area contributed by atoms with Crippen LogP contribution in [0, 0.1) is 0 Å². The van der Waals surface area contributed by atoms with Gasteiger partial charge in [-0.25, -0.2) is 18.5 Å². The number of rotatable bonds is 4. The molecule has 0 aliphatic carbocycles. The molecule has 3 rings (SSSR count). The number of hydrogen-bond acceptors (Lipinski definition) is 5. The molecule has 0 saturated carbocycles. The Balaban J connectivity index is 1.95. The summed E-state index contributed by atoms with van der Waals surface area (Å²) in [6.07, 6.45) is 0. The molecule has 0 spiro atoms. The second kappa shape index (κ2) is 5.88. The van der Waals surface area contributed by atoms with Crippen molar-refractivity contribution in [1.29, 1.82) is 0 Å². The number of para-hydroxylation sites is 1. The number of thiazole rings is 1. The first-order chi connectivity index (χ1) is 10.5. The topological polar surface area (TPSA) is 85.1 Å². The van der Waals surface area contributed by atoms with Crippen molar-refractivity contribution in [2.45, 2.75) is 4.90 Å². The molecule has 112 valence electrons. The molecule has 0 saturated heterocycles. The summed E-state index contributed by atoms with van der Waals surface area (Å²) < 4.78 is 23.3. The zero-order chi connectivity index (χ0) is 15.6. The standard InChI is InChI=1S/C15H13N3O2S2/c16-22(19,20)14-9-5-4-8-12(14)13-10-21-15(18-13)17-11-6-2-1-3-7-11/h1-10H,(H,17,18)(H2,16,19,20). The molecule has 22 heavy (non-hydrogen) atoms. The van der Waals surface area contributed by atoms with Crippen LogP contribution in [0.15, 0.2) is 64.9 Å². The minimum absolute atomic E-state index is 0.0755. The highest BCUT2D eigenvalue weighted by molar-refractivity contribution is 7.89. The van der Waals surface area contributed by atoms with Crippen LogP contribution < -0.4 is 10.5 Å². The van der Waals surface area contributed by atoms with E-state index in [-0.39, 0.29) is 4.90 Å². The molecule has 0 fully saturated rings. The van der Waals surface area contributed by atoms with Crippen LogP contribution >= 0.6 is 11.3 Å². The maximum atomic E-state index is 11.7. The van der Waals surface area contributed by atoms with Crippen molar-refractivity contribution in [3.63, 3.8) is 0 Å². The predicted molar refractivity (Wildman–Crippen MR) is 88.6 cm³/mol. The SMILES string of the molecule is NS(=O)(=O)c1ccccc1-c1csc(Nc2ccccc2)n1. The summed E-state index contributed by atoms with van der Waals surface area (Å²) in [6, 6.07) is 16.2. The van der Waals surface area contributed by atoms with E-state index in [1.807, 2.05) is 30.3 Å². The maximum absolute atomic E-state index is 11.7. The Morgan fingerprint density at radius 2 is 1.68 bits per heavy atom. The molecule has 1 heterocycles. The van der Waals surface area contributed by atoms with Crippen LogP contribution in [0.5, 0.6) is 0 Å². The Labute approximate surface area is 132 Å². The minimum atomic E-state index is -3.79. The first-order valence-electron chi connectivity index (χ1n) is 6.44. The van der Waals surface area contributed by atoms with Crippen molar-refractivity contribution in [2.24, 2.45) is 5.14 Å². The number of nitrogens with one attached hydrogen (secondary N) is 1. The van der Waals surface area contributed by atoms with E-state index in [0.717, 1.165) is 5.69 Å². The van der Waals surface area contributed by atoms with E-state index >= 15 is 0 Å². The number of anilines is 2. The molecule has 0 unspecified atom stereocenters. The molecule has 0 aliphatic heterocycles. The molecular formula is C15H13N3O2S2. The number of benzene rings is 2. The van der Waals surface area contributed by atoms with Gasteiger partial charge in [-0.3, -0.25) is 0 Å². The van der Waals surface area contributed by atoms with Crippen molar-refractivity contribution in [2.75, 3.05) is 5.32 Å². The lowest BCUT2D eigenvalue weighted by molar-refractivity contribution is 0.598. The first kappa shape index (κ1) is 14.7. The summed E-state index contributed by atoms with van der Waals surface area (Å²) in [5.41, 5.74) is 2.00. The third-order valence-corrected chi connectivity index (χ3v) is 4.73. The Kier molecular flexibility index (Phi) is 3.93. The van der Waals surface area contributed by atoms with Crippen LogP contribution in [0.2, 0.25) is 0 Å². The Hall–Kier alpha value is -2.22. The van der Waals surface area contributed by atoms with Gasteiger partial charge in [-0.1, -0.05) is 36.4 Å². The molecule has 2 aromatic carbocycles. The number of hydrogen-bond donors (Lipinski definition) is 2. The quantitative estimate of drug-likeness (QED) is 0.769. The van der Waals surface area contributed by atoms with Gasteiger partial charge in [-0.05, 0) is 18.2 Å². The van der Waals surface area contributed by atoms with Crippen molar-refractivity contribution in [3.8, 4) is 11.3 Å². The van der Waals surface area contributed by atoms with E-state index in [1.54, 1.807) is 23.6 Å². The van der Waals surface area contributed by atoms with Gasteiger partial charge in [0.2, 0.25) is 10.0 Å². The molecule has 3 aromatic rings. The largest absolute Gasteiger partial charge is 0.332 e. The Bertz CT molecular complexity index is 890. The monoisotopic (exact) mass is 331 g/mol. The molecule has 0 radical (unpaired) electrons. The molecule has 3 N–H and O–H groups in total. The summed E-state index contributed by atoms with van der Waals surface area (Å²) in [4.78, 5) is 4.51. The van der Waals surface area contributed by atoms with E-state index < -0.39 is 10.0 Å². The fourth-order valence-electron chi connectivity index (χ4n) is 2.03. The average molecular weight is 331 g/mol. The number of sulfonamides is 1. The normalized spacial score (nSPS) is 11.3. The highest BCUT2D eigenvalue weighted by Gasteiger charge is 2.16. The number of aromatic nitrogens is 1. The van der Waals surface area contributed by atoms with E-state index in [2.05, 4.69) is 10.3 Å². The first-order valence-corrected chi connectivity index (χ1v) is 8.86. The molecular weight excluding hydrogens is 318 g/mol. The van der Waals surface area contributed by atoms with Crippen LogP contribution in [-0.2, 0) is 10.0 Å². The smallest absolute Gasteiger partial charge is 0.238 e. The molecule has 0 atom stereocenters. The summed E-state index contributed by atoms with van der Waals surface area (Å²) in [5.74, 6) is 0. The van der Waals surface area contributed by atoms with Crippen LogP contribution in [0.3, 0.4) is 0 Å². The number of primary sulfonamides is 1. The van der Waals surface area contributed by atoms with Crippen LogP contribution in [0.4, 0.5) is 10.8 Å². The van der Waals surface area contributed by atoms with Gasteiger partial charge in [-0.15, -0.1) is 11.3 Å². The van der Waals surface area contributed by atoms with Gasteiger partial charge in [0, 0.05) is 16.6 Å². The van der Waals surface area contributed by atoms with E-state index in [4.69, 9.17) is 5.14 Å². The fraction of sp³-hybridized carbons (Fsp3) is 0. The van der Waals surface area contributed by atoms with E-state index in [1.165, 1.54) is 17.4 Å². The van der Waals surface area contributed by atoms with Crippen molar-refractivity contribution < 1.29 is 8.42 Å². The summed E-state index contributed by atoms with van der Waals surface area (Å²) in [6.45, 7) is 0. The fourth-order valence-corrected chi connectivity index (χ4v) is 3.50. The maximum Gasteiger partial charge on any atom is 0.238 e. The van der Waals surface area contributed by atoms with Crippen LogP contribution in [0.25, 0.3) is 11.3 Å². The van der Waals surface area contributed by atoms with Gasteiger partial charge in [-0.2, -0.15) is 0 Å². The summed E-state index contributed by atoms with van der Waals surface area (Å²) >= 11 is 1.40. The third-order valence-electron chi connectivity index (χ3n) is 3.00. The number of nitrogens with two attached hydrogens (primary N) is 1. The summed E-state index contributed by atoms with van der Waals surface area (Å²) in [7, 11) is -3.79. The van der Waals surface area contributed by atoms with Crippen LogP contribution in [-0.4, -0.2) is 13.4 Å². The highest BCUT2D eigenvalue weighted by Crippen LogP contribution is 2.30. The third kappa shape index (κ3) is 3.16. The van der Waals surface area contributed by atoms with Crippen molar-refractivity contribution in [1.82, 2.24) is 4.98 Å². The lowest BCUT2D eigenvalue weighted by Gasteiger charge is -2.04. The summed E-state index contributed by atoms with van der Waals surface area (Å²) in [5, 5.41) is 10.9. The lowest BCUT2D eigenvalue weighted by Crippen LogP contribution is -2.13. The lowest BCUT2D eigenvalue weighted by atomic mass is 10.2. The Morgan fingerprint density at radius 3 is 2.41 bits per heavy atom. The average Bonchev–Trinajstić information content (AvgIpc) is 2.96. The minimum Gasteiger partial charge on any atom is -0.332 e. The van der Waals surface area contributed by atoms with Gasteiger partial charge in [0.15, 0.2) is 5.13 Å². The van der Waals surface area contributed by atoms with E-state index in [9.17, 15) is 8.42 Å². The van der Waals surface area contributed by atoms with Gasteiger partial charge in [0.05, 0.1) is 10.6 Å². The molecule has 5 nitrogen and oxygen atoms in total. The highest BCUT2D eigenvalue weighted by atomic mass is 32.2. The van der Waals surface area contributed by atoms with Crippen molar-refractivity contribution in [3.05, 3.63) is 60.0 Å². The number of nitrogens with zero attached hydrogens (tertiary/aromatic N) is 1. The second-order valence-corrected chi connectivity index (χ2v) is 6.96. The van der Waals surface area contributed by atoms with Gasteiger partial charge < -0.3 is 5.32 Å². The molecule has 0 aliphatic rings. The molecule has 7 heteroatoms. The van der Waals surface area contributed by atoms with E-state index in [0.29, 0.717) is 16.4 Å². The second-order valence-electron chi connectivity index (χ2n) is 4.57. The molecule has 0 amide bonds.